The summed E-state index contributed by atoms with van der Waals surface area (Å²) in [6.07, 6.45) is -5.82. The molecule has 0 saturated carbocycles. The zero-order valence-electron chi connectivity index (χ0n) is 17.8. The van der Waals surface area contributed by atoms with Crippen LogP contribution in [-0.4, -0.2) is 43.5 Å². The van der Waals surface area contributed by atoms with E-state index in [0.717, 1.165) is 25.3 Å². The Kier molecular flexibility index (Phi) is 8.12. The van der Waals surface area contributed by atoms with E-state index in [0.29, 0.717) is 11.0 Å². The minimum Gasteiger partial charge on any atom is -0.496 e. The van der Waals surface area contributed by atoms with Gasteiger partial charge in [0, 0.05) is 29.6 Å². The molecule has 0 aliphatic heterocycles. The van der Waals surface area contributed by atoms with E-state index in [4.69, 9.17) is 16.3 Å². The van der Waals surface area contributed by atoms with E-state index in [9.17, 15) is 27.2 Å². The van der Waals surface area contributed by atoms with Crippen LogP contribution in [0.1, 0.15) is 41.3 Å². The van der Waals surface area contributed by atoms with Crippen LogP contribution in [0.15, 0.2) is 30.3 Å². The van der Waals surface area contributed by atoms with Crippen LogP contribution in [0.2, 0.25) is 0 Å². The van der Waals surface area contributed by atoms with Crippen molar-refractivity contribution in [1.29, 1.82) is 0 Å². The minimum atomic E-state index is -4.74. The Morgan fingerprint density at radius 3 is 2.25 bits per heavy atom. The number of ether oxygens (including phenoxy) is 2. The standard InChI is InChI=1S/C22H22ClF4NO4/c1-12(2)15-10-16(19(31-3)11-18(15)24)14-6-5-13(22(25,26)27)9-17(14)20(29)28(8-7-23)21(30)32-4/h5-6,9-12H,7-8H2,1-4H3. The molecule has 0 radical (unpaired) electrons. The zero-order valence-corrected chi connectivity index (χ0v) is 18.6. The monoisotopic (exact) mass is 475 g/mol. The molecule has 0 aliphatic rings. The molecule has 174 valence electrons. The van der Waals surface area contributed by atoms with Crippen molar-refractivity contribution in [2.75, 3.05) is 26.6 Å². The van der Waals surface area contributed by atoms with Gasteiger partial charge in [-0.2, -0.15) is 13.2 Å². The average molecular weight is 476 g/mol. The topological polar surface area (TPSA) is 55.8 Å². The predicted molar refractivity (Wildman–Crippen MR) is 112 cm³/mol. The fraction of sp³-hybridized carbons (Fsp3) is 0.364. The second-order valence-electron chi connectivity index (χ2n) is 7.10. The molecule has 0 aliphatic carbocycles. The van der Waals surface area contributed by atoms with Crippen LogP contribution in [0.4, 0.5) is 22.4 Å². The molecule has 2 aromatic carbocycles. The molecule has 32 heavy (non-hydrogen) atoms. The summed E-state index contributed by atoms with van der Waals surface area (Å²) in [5.41, 5.74) is -1.01. The Labute approximate surface area is 187 Å². The molecule has 2 aromatic rings. The number of carbonyl (C=O) groups excluding carboxylic acids is 2. The molecular formula is C22H22ClF4NO4. The van der Waals surface area contributed by atoms with Gasteiger partial charge in [-0.05, 0) is 35.2 Å². The summed E-state index contributed by atoms with van der Waals surface area (Å²) in [4.78, 5) is 25.9. The molecule has 0 fully saturated rings. The fourth-order valence-corrected chi connectivity index (χ4v) is 3.31. The highest BCUT2D eigenvalue weighted by Gasteiger charge is 2.34. The molecule has 0 atom stereocenters. The smallest absolute Gasteiger partial charge is 0.416 e. The predicted octanol–water partition coefficient (Wildman–Crippen LogP) is 6.09. The van der Waals surface area contributed by atoms with E-state index in [2.05, 4.69) is 4.74 Å². The van der Waals surface area contributed by atoms with Crippen molar-refractivity contribution >= 4 is 23.6 Å². The largest absolute Gasteiger partial charge is 0.496 e. The van der Waals surface area contributed by atoms with E-state index < -0.39 is 35.1 Å². The summed E-state index contributed by atoms with van der Waals surface area (Å²) < 4.78 is 64.4. The van der Waals surface area contributed by atoms with Crippen LogP contribution in [-0.2, 0) is 10.9 Å². The number of halogens is 5. The molecule has 5 nitrogen and oxygen atoms in total. The van der Waals surface area contributed by atoms with Gasteiger partial charge in [-0.3, -0.25) is 4.79 Å². The Morgan fingerprint density at radius 2 is 1.75 bits per heavy atom. The molecule has 0 unspecified atom stereocenters. The van der Waals surface area contributed by atoms with Gasteiger partial charge in [-0.15, -0.1) is 11.6 Å². The number of hydrogen-bond donors (Lipinski definition) is 0. The molecule has 0 heterocycles. The first kappa shape index (κ1) is 25.5. The van der Waals surface area contributed by atoms with Crippen molar-refractivity contribution < 1.29 is 36.6 Å². The van der Waals surface area contributed by atoms with E-state index in [1.165, 1.54) is 13.2 Å². The first-order valence-corrected chi connectivity index (χ1v) is 10.0. The minimum absolute atomic E-state index is 0.0164. The van der Waals surface area contributed by atoms with E-state index in [1.807, 2.05) is 0 Å². The van der Waals surface area contributed by atoms with Crippen molar-refractivity contribution in [3.05, 3.63) is 52.8 Å². The maximum Gasteiger partial charge on any atom is 0.416 e. The lowest BCUT2D eigenvalue weighted by Gasteiger charge is -2.22. The van der Waals surface area contributed by atoms with Gasteiger partial charge in [0.05, 0.1) is 19.8 Å². The molecule has 0 bridgehead atoms. The number of nitrogens with zero attached hydrogens (tertiary/aromatic N) is 1. The van der Waals surface area contributed by atoms with Crippen molar-refractivity contribution in [2.45, 2.75) is 25.9 Å². The van der Waals surface area contributed by atoms with Gasteiger partial charge in [-0.1, -0.05) is 19.9 Å². The Balaban J connectivity index is 2.83. The number of benzene rings is 2. The summed E-state index contributed by atoms with van der Waals surface area (Å²) in [5.74, 6) is -2.00. The number of carbonyl (C=O) groups is 2. The summed E-state index contributed by atoms with van der Waals surface area (Å²) in [6, 6.07) is 5.05. The number of methoxy groups -OCH3 is 2. The van der Waals surface area contributed by atoms with Crippen LogP contribution in [0, 0.1) is 5.82 Å². The lowest BCUT2D eigenvalue weighted by atomic mass is 9.92. The summed E-state index contributed by atoms with van der Waals surface area (Å²) >= 11 is 5.67. The normalized spacial score (nSPS) is 11.4. The fourth-order valence-electron chi connectivity index (χ4n) is 3.14. The number of imide groups is 1. The van der Waals surface area contributed by atoms with Gasteiger partial charge in [0.15, 0.2) is 0 Å². The third-order valence-corrected chi connectivity index (χ3v) is 4.93. The number of alkyl halides is 4. The quantitative estimate of drug-likeness (QED) is 0.374. The molecule has 0 saturated heterocycles. The SMILES string of the molecule is COC(=O)N(CCCl)C(=O)c1cc(C(F)(F)F)ccc1-c1cc(C(C)C)c(F)cc1OC. The van der Waals surface area contributed by atoms with Crippen LogP contribution in [0.25, 0.3) is 11.1 Å². The van der Waals surface area contributed by atoms with Gasteiger partial charge in [-0.25, -0.2) is 14.1 Å². The molecule has 2 amide bonds. The zero-order chi connectivity index (χ0) is 24.2. The van der Waals surface area contributed by atoms with Crippen molar-refractivity contribution in [3.63, 3.8) is 0 Å². The van der Waals surface area contributed by atoms with Crippen LogP contribution in [0.5, 0.6) is 5.75 Å². The van der Waals surface area contributed by atoms with Gasteiger partial charge in [0.1, 0.15) is 11.6 Å². The summed E-state index contributed by atoms with van der Waals surface area (Å²) in [6.45, 7) is 3.19. The van der Waals surface area contributed by atoms with Crippen LogP contribution < -0.4 is 4.74 Å². The molecule has 0 aromatic heterocycles. The van der Waals surface area contributed by atoms with Gasteiger partial charge in [0.25, 0.3) is 5.91 Å². The van der Waals surface area contributed by atoms with Gasteiger partial charge >= 0.3 is 12.3 Å². The first-order valence-electron chi connectivity index (χ1n) is 9.51. The lowest BCUT2D eigenvalue weighted by molar-refractivity contribution is -0.137. The molecule has 10 heteroatoms. The van der Waals surface area contributed by atoms with E-state index in [1.54, 1.807) is 13.8 Å². The highest BCUT2D eigenvalue weighted by Crippen LogP contribution is 2.39. The van der Waals surface area contributed by atoms with E-state index >= 15 is 0 Å². The number of amides is 2. The summed E-state index contributed by atoms with van der Waals surface area (Å²) in [5, 5.41) is 0. The second-order valence-corrected chi connectivity index (χ2v) is 7.48. The Morgan fingerprint density at radius 1 is 1.09 bits per heavy atom. The second kappa shape index (κ2) is 10.2. The highest BCUT2D eigenvalue weighted by atomic mass is 35.5. The third kappa shape index (κ3) is 5.32. The molecular weight excluding hydrogens is 454 g/mol. The first-order chi connectivity index (χ1) is 15.0. The number of rotatable bonds is 6. The molecule has 0 N–H and O–H groups in total. The van der Waals surface area contributed by atoms with Crippen molar-refractivity contribution in [2.24, 2.45) is 0 Å². The van der Waals surface area contributed by atoms with E-state index in [-0.39, 0.29) is 40.8 Å². The maximum atomic E-state index is 14.5. The van der Waals surface area contributed by atoms with Crippen molar-refractivity contribution in [1.82, 2.24) is 4.90 Å². The van der Waals surface area contributed by atoms with Crippen LogP contribution in [0.3, 0.4) is 0 Å². The van der Waals surface area contributed by atoms with Gasteiger partial charge in [0.2, 0.25) is 0 Å². The third-order valence-electron chi connectivity index (χ3n) is 4.76. The summed E-state index contributed by atoms with van der Waals surface area (Å²) in [7, 11) is 2.30. The molecule has 2 rings (SSSR count). The number of hydrogen-bond acceptors (Lipinski definition) is 4. The van der Waals surface area contributed by atoms with Crippen LogP contribution >= 0.6 is 11.6 Å². The average Bonchev–Trinajstić information content (AvgIpc) is 2.74. The molecule has 0 spiro atoms. The lowest BCUT2D eigenvalue weighted by Crippen LogP contribution is -2.38. The maximum absolute atomic E-state index is 14.5. The van der Waals surface area contributed by atoms with Crippen molar-refractivity contribution in [3.8, 4) is 16.9 Å². The highest BCUT2D eigenvalue weighted by molar-refractivity contribution is 6.18. The Hall–Kier alpha value is -2.81. The van der Waals surface area contributed by atoms with Gasteiger partial charge < -0.3 is 9.47 Å². The Bertz CT molecular complexity index is 1010.